The van der Waals surface area contributed by atoms with Crippen LogP contribution in [-0.2, 0) is 15.8 Å². The number of hydrogen-bond donors (Lipinski definition) is 1. The van der Waals surface area contributed by atoms with E-state index in [0.717, 1.165) is 12.0 Å². The van der Waals surface area contributed by atoms with E-state index >= 15 is 0 Å². The van der Waals surface area contributed by atoms with Crippen LogP contribution in [-0.4, -0.2) is 26.9 Å². The van der Waals surface area contributed by atoms with E-state index < -0.39 is 8.32 Å². The molecule has 0 spiro atoms. The second-order valence-electron chi connectivity index (χ2n) is 8.00. The van der Waals surface area contributed by atoms with Gasteiger partial charge >= 0.3 is 0 Å². The lowest BCUT2D eigenvalue weighted by Gasteiger charge is -2.38. The zero-order chi connectivity index (χ0) is 18.1. The van der Waals surface area contributed by atoms with Crippen LogP contribution in [0.3, 0.4) is 0 Å². The SMILES string of the molecule is CC(C)(C)[Si](C)(C)OC[C@@H]1CCC(=O)N1c1cc(F)ccc1CN. The van der Waals surface area contributed by atoms with Crippen LogP contribution in [0.2, 0.25) is 18.1 Å². The van der Waals surface area contributed by atoms with Gasteiger partial charge < -0.3 is 15.1 Å². The van der Waals surface area contributed by atoms with Gasteiger partial charge in [0.15, 0.2) is 8.32 Å². The maximum absolute atomic E-state index is 13.7. The molecule has 0 aromatic heterocycles. The molecule has 4 nitrogen and oxygen atoms in total. The van der Waals surface area contributed by atoms with Crippen molar-refractivity contribution >= 4 is 19.9 Å². The maximum atomic E-state index is 13.7. The summed E-state index contributed by atoms with van der Waals surface area (Å²) in [6.07, 6.45) is 1.19. The Kier molecular flexibility index (Phi) is 5.52. The van der Waals surface area contributed by atoms with Crippen molar-refractivity contribution in [3.05, 3.63) is 29.6 Å². The molecule has 1 fully saturated rings. The van der Waals surface area contributed by atoms with E-state index in [0.29, 0.717) is 18.7 Å². The Balaban J connectivity index is 2.23. The van der Waals surface area contributed by atoms with Gasteiger partial charge in [-0.05, 0) is 42.2 Å². The zero-order valence-corrected chi connectivity index (χ0v) is 16.4. The first kappa shape index (κ1) is 19.1. The molecule has 24 heavy (non-hydrogen) atoms. The minimum absolute atomic E-state index is 0.0131. The Morgan fingerprint density at radius 1 is 1.38 bits per heavy atom. The van der Waals surface area contributed by atoms with Crippen molar-refractivity contribution in [1.82, 2.24) is 0 Å². The average Bonchev–Trinajstić information content (AvgIpc) is 2.85. The lowest BCUT2D eigenvalue weighted by atomic mass is 10.1. The van der Waals surface area contributed by atoms with Crippen LogP contribution in [0.15, 0.2) is 18.2 Å². The molecule has 0 saturated carbocycles. The number of nitrogens with two attached hydrogens (primary N) is 1. The molecule has 1 aliphatic heterocycles. The summed E-state index contributed by atoms with van der Waals surface area (Å²) in [4.78, 5) is 14.1. The summed E-state index contributed by atoms with van der Waals surface area (Å²) >= 11 is 0. The fraction of sp³-hybridized carbons (Fsp3) is 0.611. The highest BCUT2D eigenvalue weighted by molar-refractivity contribution is 6.74. The average molecular weight is 353 g/mol. The van der Waals surface area contributed by atoms with Crippen molar-refractivity contribution in [1.29, 1.82) is 0 Å². The topological polar surface area (TPSA) is 55.6 Å². The number of rotatable bonds is 5. The van der Waals surface area contributed by atoms with Gasteiger partial charge in [0.2, 0.25) is 5.91 Å². The molecule has 1 saturated heterocycles. The molecule has 1 heterocycles. The van der Waals surface area contributed by atoms with E-state index in [4.69, 9.17) is 10.2 Å². The maximum Gasteiger partial charge on any atom is 0.227 e. The van der Waals surface area contributed by atoms with Crippen molar-refractivity contribution in [2.45, 2.75) is 64.3 Å². The molecule has 2 rings (SSSR count). The van der Waals surface area contributed by atoms with Crippen molar-refractivity contribution in [2.24, 2.45) is 5.73 Å². The predicted octanol–water partition coefficient (Wildman–Crippen LogP) is 3.80. The van der Waals surface area contributed by atoms with Gasteiger partial charge in [0.1, 0.15) is 5.82 Å². The van der Waals surface area contributed by atoms with Gasteiger partial charge in [0.25, 0.3) is 0 Å². The lowest BCUT2D eigenvalue weighted by Crippen LogP contribution is -2.45. The first-order valence-electron chi connectivity index (χ1n) is 8.51. The summed E-state index contributed by atoms with van der Waals surface area (Å²) < 4.78 is 20.0. The Hall–Kier alpha value is -1.24. The third-order valence-electron chi connectivity index (χ3n) is 5.29. The third-order valence-corrected chi connectivity index (χ3v) is 9.80. The fourth-order valence-corrected chi connectivity index (χ4v) is 3.73. The van der Waals surface area contributed by atoms with E-state index in [2.05, 4.69) is 33.9 Å². The molecule has 0 unspecified atom stereocenters. The highest BCUT2D eigenvalue weighted by Crippen LogP contribution is 2.38. The van der Waals surface area contributed by atoms with Gasteiger partial charge in [-0.1, -0.05) is 26.8 Å². The summed E-state index contributed by atoms with van der Waals surface area (Å²) in [6.45, 7) is 11.7. The summed E-state index contributed by atoms with van der Waals surface area (Å²) in [5.74, 6) is -0.343. The van der Waals surface area contributed by atoms with Crippen LogP contribution in [0.4, 0.5) is 10.1 Å². The van der Waals surface area contributed by atoms with Gasteiger partial charge in [-0.25, -0.2) is 4.39 Å². The Morgan fingerprint density at radius 3 is 2.62 bits per heavy atom. The van der Waals surface area contributed by atoms with Crippen LogP contribution in [0, 0.1) is 5.82 Å². The largest absolute Gasteiger partial charge is 0.415 e. The highest BCUT2D eigenvalue weighted by atomic mass is 28.4. The number of hydrogen-bond acceptors (Lipinski definition) is 3. The molecule has 0 radical (unpaired) electrons. The summed E-state index contributed by atoms with van der Waals surface area (Å²) in [5, 5.41) is 0.113. The standard InChI is InChI=1S/C18H29FN2O2Si/c1-18(2,3)24(4,5)23-12-15-8-9-17(22)21(15)16-10-14(19)7-6-13(16)11-20/h6-7,10,15H,8-9,11-12,20H2,1-5H3/t15-/m0/s1. The van der Waals surface area contributed by atoms with Gasteiger partial charge in [-0.3, -0.25) is 4.79 Å². The van der Waals surface area contributed by atoms with Gasteiger partial charge in [0.05, 0.1) is 18.3 Å². The van der Waals surface area contributed by atoms with Gasteiger partial charge in [-0.2, -0.15) is 0 Å². The molecule has 1 aromatic rings. The summed E-state index contributed by atoms with van der Waals surface area (Å²) in [5.41, 5.74) is 7.14. The molecule has 2 N–H and O–H groups in total. The van der Waals surface area contributed by atoms with E-state index in [-0.39, 0.29) is 29.3 Å². The monoisotopic (exact) mass is 352 g/mol. The van der Waals surface area contributed by atoms with E-state index in [1.165, 1.54) is 12.1 Å². The number of halogens is 1. The number of benzene rings is 1. The second kappa shape index (κ2) is 6.94. The van der Waals surface area contributed by atoms with Crippen molar-refractivity contribution in [2.75, 3.05) is 11.5 Å². The molecular formula is C18H29FN2O2Si. The second-order valence-corrected chi connectivity index (χ2v) is 12.8. The number of carbonyl (C=O) groups excluding carboxylic acids is 1. The number of amides is 1. The number of anilines is 1. The zero-order valence-electron chi connectivity index (χ0n) is 15.4. The minimum Gasteiger partial charge on any atom is -0.415 e. The molecule has 6 heteroatoms. The normalized spacial score (nSPS) is 19.2. The number of carbonyl (C=O) groups is 1. The number of nitrogens with zero attached hydrogens (tertiary/aromatic N) is 1. The highest BCUT2D eigenvalue weighted by Gasteiger charge is 2.40. The van der Waals surface area contributed by atoms with Gasteiger partial charge in [0, 0.05) is 13.0 Å². The lowest BCUT2D eigenvalue weighted by molar-refractivity contribution is -0.117. The van der Waals surface area contributed by atoms with E-state index in [9.17, 15) is 9.18 Å². The Bertz CT molecular complexity index is 614. The van der Waals surface area contributed by atoms with E-state index in [1.807, 2.05) is 0 Å². The van der Waals surface area contributed by atoms with Crippen LogP contribution in [0.1, 0.15) is 39.2 Å². The molecule has 0 bridgehead atoms. The first-order chi connectivity index (χ1) is 11.1. The smallest absolute Gasteiger partial charge is 0.227 e. The van der Waals surface area contributed by atoms with Crippen LogP contribution >= 0.6 is 0 Å². The predicted molar refractivity (Wildman–Crippen MR) is 97.9 cm³/mol. The molecule has 134 valence electrons. The van der Waals surface area contributed by atoms with Crippen LogP contribution in [0.5, 0.6) is 0 Å². The Labute approximate surface area is 145 Å². The molecule has 1 amide bonds. The van der Waals surface area contributed by atoms with Crippen LogP contribution in [0.25, 0.3) is 0 Å². The quantitative estimate of drug-likeness (QED) is 0.820. The third kappa shape index (κ3) is 3.87. The van der Waals surface area contributed by atoms with Gasteiger partial charge in [-0.15, -0.1) is 0 Å². The summed E-state index contributed by atoms with van der Waals surface area (Å²) in [6, 6.07) is 4.39. The van der Waals surface area contributed by atoms with Crippen LogP contribution < -0.4 is 10.6 Å². The first-order valence-corrected chi connectivity index (χ1v) is 11.4. The Morgan fingerprint density at radius 2 is 2.04 bits per heavy atom. The van der Waals surface area contributed by atoms with Crippen molar-refractivity contribution < 1.29 is 13.6 Å². The molecule has 1 aliphatic rings. The van der Waals surface area contributed by atoms with E-state index in [1.54, 1.807) is 11.0 Å². The summed E-state index contributed by atoms with van der Waals surface area (Å²) in [7, 11) is -1.89. The minimum atomic E-state index is -1.89. The van der Waals surface area contributed by atoms with Crippen molar-refractivity contribution in [3.8, 4) is 0 Å². The molecular weight excluding hydrogens is 323 g/mol. The molecule has 1 aromatic carbocycles. The molecule has 0 aliphatic carbocycles. The molecule has 1 atom stereocenters. The fourth-order valence-electron chi connectivity index (χ4n) is 2.69. The van der Waals surface area contributed by atoms with Crippen molar-refractivity contribution in [3.63, 3.8) is 0 Å².